The zero-order valence-electron chi connectivity index (χ0n) is 12.9. The van der Waals surface area contributed by atoms with E-state index in [1.54, 1.807) is 25.3 Å². The summed E-state index contributed by atoms with van der Waals surface area (Å²) in [5, 5.41) is 23.2. The number of methoxy groups -OCH3 is 1. The summed E-state index contributed by atoms with van der Waals surface area (Å²) in [4.78, 5) is 0. The first-order valence-corrected chi connectivity index (χ1v) is 7.03. The average molecular weight is 288 g/mol. The predicted molar refractivity (Wildman–Crippen MR) is 83.0 cm³/mol. The maximum Gasteiger partial charge on any atom is 0.488 e. The zero-order valence-corrected chi connectivity index (χ0v) is 12.9. The zero-order chi connectivity index (χ0) is 15.6. The van der Waals surface area contributed by atoms with Crippen molar-refractivity contribution in [2.24, 2.45) is 0 Å². The molecule has 112 valence electrons. The molecule has 1 aromatic heterocycles. The van der Waals surface area contributed by atoms with Crippen LogP contribution in [0.5, 0.6) is 5.75 Å². The Labute approximate surface area is 125 Å². The van der Waals surface area contributed by atoms with Crippen LogP contribution in [0.15, 0.2) is 18.2 Å². The van der Waals surface area contributed by atoms with Gasteiger partial charge in [0, 0.05) is 11.3 Å². The normalized spacial score (nSPS) is 10.8. The molecule has 2 N–H and O–H groups in total. The van der Waals surface area contributed by atoms with Crippen LogP contribution in [-0.2, 0) is 13.0 Å². The molecule has 5 nitrogen and oxygen atoms in total. The molecule has 0 fully saturated rings. The van der Waals surface area contributed by atoms with E-state index >= 15 is 0 Å². The molecular weight excluding hydrogens is 267 g/mol. The average Bonchev–Trinajstić information content (AvgIpc) is 2.72. The molecule has 0 aliphatic carbocycles. The van der Waals surface area contributed by atoms with E-state index in [2.05, 4.69) is 18.9 Å². The highest BCUT2D eigenvalue weighted by Crippen LogP contribution is 2.20. The number of ether oxygens (including phenoxy) is 1. The minimum absolute atomic E-state index is 0.447. The smallest absolute Gasteiger partial charge is 0.488 e. The van der Waals surface area contributed by atoms with Crippen LogP contribution < -0.4 is 10.2 Å². The minimum Gasteiger partial charge on any atom is -0.496 e. The van der Waals surface area contributed by atoms with Gasteiger partial charge in [-0.3, -0.25) is 4.68 Å². The quantitative estimate of drug-likeness (QED) is 0.799. The van der Waals surface area contributed by atoms with Gasteiger partial charge in [0.1, 0.15) is 5.75 Å². The number of benzene rings is 1. The Morgan fingerprint density at radius 2 is 2.00 bits per heavy atom. The molecule has 0 bridgehead atoms. The third kappa shape index (κ3) is 3.11. The lowest BCUT2D eigenvalue weighted by Crippen LogP contribution is -2.30. The molecule has 2 aromatic rings. The van der Waals surface area contributed by atoms with Crippen LogP contribution in [0.2, 0.25) is 0 Å². The molecular formula is C15H21BN2O3. The highest BCUT2D eigenvalue weighted by Gasteiger charge is 2.16. The van der Waals surface area contributed by atoms with Crippen LogP contribution in [0.25, 0.3) is 0 Å². The van der Waals surface area contributed by atoms with Crippen LogP contribution in [-0.4, -0.2) is 34.1 Å². The number of hydrogen-bond donors (Lipinski definition) is 2. The second-order valence-electron chi connectivity index (χ2n) is 5.11. The Morgan fingerprint density at radius 1 is 1.29 bits per heavy atom. The van der Waals surface area contributed by atoms with Gasteiger partial charge < -0.3 is 14.8 Å². The van der Waals surface area contributed by atoms with Crippen LogP contribution in [0.3, 0.4) is 0 Å². The van der Waals surface area contributed by atoms with E-state index in [-0.39, 0.29) is 0 Å². The summed E-state index contributed by atoms with van der Waals surface area (Å²) < 4.78 is 7.28. The van der Waals surface area contributed by atoms with Crippen molar-refractivity contribution in [2.75, 3.05) is 7.11 Å². The van der Waals surface area contributed by atoms with Crippen LogP contribution in [0, 0.1) is 13.8 Å². The molecule has 0 unspecified atom stereocenters. The summed E-state index contributed by atoms with van der Waals surface area (Å²) in [5.41, 5.74) is 4.74. The molecule has 0 saturated heterocycles. The van der Waals surface area contributed by atoms with Gasteiger partial charge in [-0.05, 0) is 37.4 Å². The second kappa shape index (κ2) is 6.32. The second-order valence-corrected chi connectivity index (χ2v) is 5.11. The van der Waals surface area contributed by atoms with Gasteiger partial charge in [0.25, 0.3) is 0 Å². The van der Waals surface area contributed by atoms with Crippen LogP contribution in [0.1, 0.15) is 29.4 Å². The van der Waals surface area contributed by atoms with E-state index < -0.39 is 7.12 Å². The van der Waals surface area contributed by atoms with E-state index in [0.717, 1.165) is 23.4 Å². The van der Waals surface area contributed by atoms with E-state index in [1.165, 1.54) is 5.56 Å². The molecule has 0 aliphatic rings. The van der Waals surface area contributed by atoms with Crippen LogP contribution >= 0.6 is 0 Å². The fraction of sp³-hybridized carbons (Fsp3) is 0.400. The van der Waals surface area contributed by atoms with Gasteiger partial charge in [-0.2, -0.15) is 5.10 Å². The fourth-order valence-corrected chi connectivity index (χ4v) is 2.64. The first-order chi connectivity index (χ1) is 9.97. The summed E-state index contributed by atoms with van der Waals surface area (Å²) in [7, 11) is 0.119. The largest absolute Gasteiger partial charge is 0.496 e. The maximum atomic E-state index is 9.31. The molecule has 6 heteroatoms. The molecule has 2 rings (SSSR count). The monoisotopic (exact) mass is 288 g/mol. The number of hydrogen-bond acceptors (Lipinski definition) is 4. The van der Waals surface area contributed by atoms with Gasteiger partial charge >= 0.3 is 7.12 Å². The maximum absolute atomic E-state index is 9.31. The van der Waals surface area contributed by atoms with Crippen molar-refractivity contribution in [2.45, 2.75) is 33.7 Å². The van der Waals surface area contributed by atoms with E-state index in [4.69, 9.17) is 4.74 Å². The summed E-state index contributed by atoms with van der Waals surface area (Å²) in [6.45, 7) is 6.71. The molecule has 0 radical (unpaired) electrons. The first-order valence-electron chi connectivity index (χ1n) is 7.03. The van der Waals surface area contributed by atoms with Crippen molar-refractivity contribution in [1.29, 1.82) is 0 Å². The molecule has 0 saturated carbocycles. The van der Waals surface area contributed by atoms with Crippen molar-refractivity contribution in [3.63, 3.8) is 0 Å². The molecule has 21 heavy (non-hydrogen) atoms. The van der Waals surface area contributed by atoms with Crippen molar-refractivity contribution in [1.82, 2.24) is 9.78 Å². The lowest BCUT2D eigenvalue weighted by molar-refractivity contribution is 0.406. The molecule has 0 aliphatic heterocycles. The molecule has 1 aromatic carbocycles. The number of nitrogens with zero attached hydrogens (tertiary/aromatic N) is 2. The highest BCUT2D eigenvalue weighted by molar-refractivity contribution is 6.58. The lowest BCUT2D eigenvalue weighted by atomic mass is 9.79. The number of rotatable bonds is 5. The highest BCUT2D eigenvalue weighted by atomic mass is 16.5. The number of aromatic nitrogens is 2. The first kappa shape index (κ1) is 15.6. The summed E-state index contributed by atoms with van der Waals surface area (Å²) in [6.07, 6.45) is 0.949. The molecule has 0 spiro atoms. The summed E-state index contributed by atoms with van der Waals surface area (Å²) in [6, 6.07) is 5.13. The van der Waals surface area contributed by atoms with Gasteiger partial charge in [-0.1, -0.05) is 19.1 Å². The van der Waals surface area contributed by atoms with Gasteiger partial charge in [0.05, 0.1) is 19.3 Å². The molecule has 1 heterocycles. The SMILES string of the molecule is CCc1c(C)nn(Cc2cc(B(O)O)ccc2OC)c1C. The topological polar surface area (TPSA) is 67.5 Å². The van der Waals surface area contributed by atoms with Gasteiger partial charge in [0.15, 0.2) is 0 Å². The van der Waals surface area contributed by atoms with E-state index in [9.17, 15) is 10.0 Å². The van der Waals surface area contributed by atoms with Crippen molar-refractivity contribution >= 4 is 12.6 Å². The van der Waals surface area contributed by atoms with Crippen LogP contribution in [0.4, 0.5) is 0 Å². The van der Waals surface area contributed by atoms with Gasteiger partial charge in [0.2, 0.25) is 0 Å². The summed E-state index contributed by atoms with van der Waals surface area (Å²) in [5.74, 6) is 0.713. The van der Waals surface area contributed by atoms with Crippen molar-refractivity contribution in [3.8, 4) is 5.75 Å². The predicted octanol–water partition coefficient (Wildman–Crippen LogP) is 0.799. The fourth-order valence-electron chi connectivity index (χ4n) is 2.64. The Morgan fingerprint density at radius 3 is 2.52 bits per heavy atom. The minimum atomic E-state index is -1.48. The van der Waals surface area contributed by atoms with Gasteiger partial charge in [-0.15, -0.1) is 0 Å². The standard InChI is InChI=1S/C15H21BN2O3/c1-5-14-10(2)17-18(11(14)3)9-12-8-13(16(19)20)6-7-15(12)21-4/h6-8,19-20H,5,9H2,1-4H3. The molecule has 0 amide bonds. The van der Waals surface area contributed by atoms with Crippen molar-refractivity contribution in [3.05, 3.63) is 40.7 Å². The number of aryl methyl sites for hydroxylation is 1. The van der Waals surface area contributed by atoms with Crippen molar-refractivity contribution < 1.29 is 14.8 Å². The van der Waals surface area contributed by atoms with E-state index in [1.807, 2.05) is 11.6 Å². The summed E-state index contributed by atoms with van der Waals surface area (Å²) >= 11 is 0. The molecule has 0 atom stereocenters. The Balaban J connectivity index is 2.40. The Bertz CT molecular complexity index is 638. The Kier molecular flexibility index (Phi) is 4.70. The Hall–Kier alpha value is -1.79. The van der Waals surface area contributed by atoms with Gasteiger partial charge in [-0.25, -0.2) is 0 Å². The third-order valence-electron chi connectivity index (χ3n) is 3.81. The third-order valence-corrected chi connectivity index (χ3v) is 3.81. The van der Waals surface area contributed by atoms with E-state index in [0.29, 0.717) is 17.8 Å². The lowest BCUT2D eigenvalue weighted by Gasteiger charge is -2.12.